The first kappa shape index (κ1) is 15.9. The third kappa shape index (κ3) is 4.77. The van der Waals surface area contributed by atoms with Crippen molar-refractivity contribution >= 4 is 5.69 Å². The summed E-state index contributed by atoms with van der Waals surface area (Å²) < 4.78 is 55.1. The van der Waals surface area contributed by atoms with Crippen molar-refractivity contribution in [1.29, 1.82) is 0 Å². The zero-order chi connectivity index (χ0) is 15.5. The third-order valence-corrected chi connectivity index (χ3v) is 3.44. The van der Waals surface area contributed by atoms with Gasteiger partial charge in [0.1, 0.15) is 11.6 Å². The van der Waals surface area contributed by atoms with E-state index in [4.69, 9.17) is 10.5 Å². The van der Waals surface area contributed by atoms with Crippen LogP contribution in [0, 0.1) is 5.82 Å². The van der Waals surface area contributed by atoms with E-state index in [1.807, 2.05) is 4.90 Å². The molecule has 2 N–H and O–H groups in total. The van der Waals surface area contributed by atoms with Crippen LogP contribution in [0.5, 0.6) is 5.75 Å². The Kier molecular flexibility index (Phi) is 4.92. The molecule has 0 radical (unpaired) electrons. The van der Waals surface area contributed by atoms with E-state index in [0.29, 0.717) is 18.8 Å². The lowest BCUT2D eigenvalue weighted by Gasteiger charge is -2.33. The van der Waals surface area contributed by atoms with Gasteiger partial charge in [-0.2, -0.15) is 13.2 Å². The van der Waals surface area contributed by atoms with Gasteiger partial charge in [0.15, 0.2) is 0 Å². The molecule has 1 fully saturated rings. The molecule has 1 saturated heterocycles. The van der Waals surface area contributed by atoms with Gasteiger partial charge in [0, 0.05) is 25.2 Å². The quantitative estimate of drug-likeness (QED) is 0.869. The molecule has 0 amide bonds. The Hall–Kier alpha value is -1.50. The number of nitrogens with zero attached hydrogens (tertiary/aromatic N) is 1. The summed E-state index contributed by atoms with van der Waals surface area (Å²) in [5, 5.41) is 0. The largest absolute Gasteiger partial charge is 0.491 e. The van der Waals surface area contributed by atoms with Crippen molar-refractivity contribution in [2.24, 2.45) is 5.73 Å². The smallest absolute Gasteiger partial charge is 0.392 e. The zero-order valence-corrected chi connectivity index (χ0v) is 11.5. The lowest BCUT2D eigenvalue weighted by molar-refractivity contribution is -0.139. The predicted octanol–water partition coefficient (Wildman–Crippen LogP) is 3.08. The Bertz CT molecular complexity index is 471. The first-order valence-electron chi connectivity index (χ1n) is 6.85. The Labute approximate surface area is 120 Å². The van der Waals surface area contributed by atoms with E-state index in [1.54, 1.807) is 0 Å². The molecule has 1 heterocycles. The molecule has 1 aromatic carbocycles. The van der Waals surface area contributed by atoms with Crippen molar-refractivity contribution in [2.45, 2.75) is 31.5 Å². The van der Waals surface area contributed by atoms with Crippen LogP contribution in [0.2, 0.25) is 0 Å². The molecule has 1 aliphatic rings. The van der Waals surface area contributed by atoms with Gasteiger partial charge in [-0.3, -0.25) is 0 Å². The number of alkyl halides is 3. The summed E-state index contributed by atoms with van der Waals surface area (Å²) in [5.41, 5.74) is 6.30. The average molecular weight is 306 g/mol. The number of rotatable bonds is 4. The van der Waals surface area contributed by atoms with Gasteiger partial charge in [0.05, 0.1) is 18.7 Å². The minimum Gasteiger partial charge on any atom is -0.491 e. The summed E-state index contributed by atoms with van der Waals surface area (Å²) in [7, 11) is 0. The number of anilines is 1. The number of piperidine rings is 1. The number of halogens is 4. The molecule has 0 bridgehead atoms. The normalized spacial score (nSPS) is 17.1. The molecule has 2 rings (SSSR count). The first-order valence-corrected chi connectivity index (χ1v) is 6.85. The van der Waals surface area contributed by atoms with Crippen LogP contribution in [0.4, 0.5) is 23.2 Å². The molecule has 0 saturated carbocycles. The highest BCUT2D eigenvalue weighted by Gasteiger charge is 2.27. The lowest BCUT2D eigenvalue weighted by Crippen LogP contribution is -2.39. The second-order valence-corrected chi connectivity index (χ2v) is 5.15. The maximum Gasteiger partial charge on any atom is 0.392 e. The Morgan fingerprint density at radius 1 is 1.24 bits per heavy atom. The number of hydrogen-bond acceptors (Lipinski definition) is 3. The van der Waals surface area contributed by atoms with Crippen molar-refractivity contribution in [3.05, 3.63) is 24.0 Å². The monoisotopic (exact) mass is 306 g/mol. The summed E-state index contributed by atoms with van der Waals surface area (Å²) in [6, 6.07) is 3.96. The van der Waals surface area contributed by atoms with E-state index < -0.39 is 25.0 Å². The third-order valence-electron chi connectivity index (χ3n) is 3.44. The molecule has 0 aromatic heterocycles. The fourth-order valence-electron chi connectivity index (χ4n) is 2.28. The molecule has 21 heavy (non-hydrogen) atoms. The highest BCUT2D eigenvalue weighted by atomic mass is 19.4. The van der Waals surface area contributed by atoms with Gasteiger partial charge < -0.3 is 15.4 Å². The van der Waals surface area contributed by atoms with Gasteiger partial charge in [0.2, 0.25) is 0 Å². The van der Waals surface area contributed by atoms with E-state index in [1.165, 1.54) is 18.2 Å². The average Bonchev–Trinajstić information content (AvgIpc) is 2.40. The molecule has 3 nitrogen and oxygen atoms in total. The van der Waals surface area contributed by atoms with Crippen LogP contribution in [-0.4, -0.2) is 31.9 Å². The van der Waals surface area contributed by atoms with E-state index in [-0.39, 0.29) is 11.8 Å². The van der Waals surface area contributed by atoms with Gasteiger partial charge in [0.25, 0.3) is 0 Å². The van der Waals surface area contributed by atoms with Gasteiger partial charge in [-0.25, -0.2) is 4.39 Å². The number of hydrogen-bond donors (Lipinski definition) is 1. The van der Waals surface area contributed by atoms with Crippen molar-refractivity contribution in [2.75, 3.05) is 24.6 Å². The Morgan fingerprint density at radius 3 is 2.52 bits per heavy atom. The number of benzene rings is 1. The summed E-state index contributed by atoms with van der Waals surface area (Å²) in [6.45, 7) is 0.802. The summed E-state index contributed by atoms with van der Waals surface area (Å²) in [5.74, 6) is -0.167. The van der Waals surface area contributed by atoms with Crippen molar-refractivity contribution in [3.8, 4) is 5.75 Å². The van der Waals surface area contributed by atoms with Gasteiger partial charge in [-0.1, -0.05) is 0 Å². The van der Waals surface area contributed by atoms with Gasteiger partial charge >= 0.3 is 6.18 Å². The van der Waals surface area contributed by atoms with Crippen LogP contribution >= 0.6 is 0 Å². The zero-order valence-electron chi connectivity index (χ0n) is 11.5. The summed E-state index contributed by atoms with van der Waals surface area (Å²) >= 11 is 0. The molecule has 0 aliphatic carbocycles. The lowest BCUT2D eigenvalue weighted by atomic mass is 10.1. The van der Waals surface area contributed by atoms with Crippen LogP contribution in [-0.2, 0) is 0 Å². The van der Waals surface area contributed by atoms with E-state index in [9.17, 15) is 17.6 Å². The fourth-order valence-corrected chi connectivity index (χ4v) is 2.28. The molecule has 1 aromatic rings. The van der Waals surface area contributed by atoms with Gasteiger partial charge in [-0.05, 0) is 25.0 Å². The van der Waals surface area contributed by atoms with Crippen molar-refractivity contribution in [3.63, 3.8) is 0 Å². The molecular weight excluding hydrogens is 288 g/mol. The molecule has 1 aliphatic heterocycles. The molecule has 0 spiro atoms. The maximum absolute atomic E-state index is 13.4. The van der Waals surface area contributed by atoms with Crippen LogP contribution in [0.25, 0.3) is 0 Å². The predicted molar refractivity (Wildman–Crippen MR) is 72.0 cm³/mol. The summed E-state index contributed by atoms with van der Waals surface area (Å²) in [6.07, 6.45) is -3.77. The second-order valence-electron chi connectivity index (χ2n) is 5.15. The van der Waals surface area contributed by atoms with Crippen LogP contribution in [0.3, 0.4) is 0 Å². The topological polar surface area (TPSA) is 38.5 Å². The second kappa shape index (κ2) is 6.51. The van der Waals surface area contributed by atoms with Crippen molar-refractivity contribution in [1.82, 2.24) is 0 Å². The van der Waals surface area contributed by atoms with Crippen LogP contribution in [0.15, 0.2) is 18.2 Å². The Morgan fingerprint density at radius 2 is 1.90 bits per heavy atom. The molecule has 118 valence electrons. The minimum atomic E-state index is -4.27. The first-order chi connectivity index (χ1) is 9.85. The molecular formula is C14H18F4N2O. The van der Waals surface area contributed by atoms with E-state index in [2.05, 4.69) is 0 Å². The van der Waals surface area contributed by atoms with E-state index >= 15 is 0 Å². The summed E-state index contributed by atoms with van der Waals surface area (Å²) in [4.78, 5) is 1.90. The highest BCUT2D eigenvalue weighted by Crippen LogP contribution is 2.32. The van der Waals surface area contributed by atoms with Crippen LogP contribution in [0.1, 0.15) is 19.3 Å². The van der Waals surface area contributed by atoms with Gasteiger partial charge in [-0.15, -0.1) is 0 Å². The minimum absolute atomic E-state index is 0.115. The molecule has 0 atom stereocenters. The SMILES string of the molecule is NC1CCN(c2cc(F)ccc2OCCC(F)(F)F)CC1. The number of ether oxygens (including phenoxy) is 1. The highest BCUT2D eigenvalue weighted by molar-refractivity contribution is 5.59. The number of nitrogens with two attached hydrogens (primary N) is 1. The molecule has 0 unspecified atom stereocenters. The van der Waals surface area contributed by atoms with E-state index in [0.717, 1.165) is 12.8 Å². The fraction of sp³-hybridized carbons (Fsp3) is 0.571. The molecule has 7 heteroatoms. The van der Waals surface area contributed by atoms with Crippen LogP contribution < -0.4 is 15.4 Å². The van der Waals surface area contributed by atoms with Crippen molar-refractivity contribution < 1.29 is 22.3 Å². The maximum atomic E-state index is 13.4. The standard InChI is InChI=1S/C14H18F4N2O/c15-10-1-2-13(21-8-5-14(16,17)18)12(9-10)20-6-3-11(19)4-7-20/h1-2,9,11H,3-8,19H2. The Balaban J connectivity index is 2.06.